The zero-order chi connectivity index (χ0) is 25.5. The molecule has 6 nitrogen and oxygen atoms in total. The van der Waals surface area contributed by atoms with Gasteiger partial charge in [-0.05, 0) is 60.8 Å². The minimum atomic E-state index is -0.306. The van der Waals surface area contributed by atoms with Crippen LogP contribution < -0.4 is 0 Å². The molecule has 0 saturated heterocycles. The summed E-state index contributed by atoms with van der Waals surface area (Å²) in [7, 11) is 0. The van der Waals surface area contributed by atoms with Crippen LogP contribution in [0.4, 0.5) is 0 Å². The van der Waals surface area contributed by atoms with Gasteiger partial charge in [-0.3, -0.25) is 29.0 Å². The minimum absolute atomic E-state index is 0.141. The first-order valence-corrected chi connectivity index (χ1v) is 13.6. The second-order valence-electron chi connectivity index (χ2n) is 11.7. The fourth-order valence-electron chi connectivity index (χ4n) is 7.35. The molecular weight excluding hydrogens is 452 g/mol. The minimum Gasteiger partial charge on any atom is -0.271 e. The van der Waals surface area contributed by atoms with Crippen LogP contribution in [0.15, 0.2) is 24.3 Å². The van der Waals surface area contributed by atoms with Gasteiger partial charge < -0.3 is 0 Å². The Morgan fingerprint density at radius 3 is 1.14 bits per heavy atom. The zero-order valence-electron chi connectivity index (χ0n) is 21.5. The second kappa shape index (κ2) is 8.25. The summed E-state index contributed by atoms with van der Waals surface area (Å²) in [6.07, 6.45) is 5.80. The predicted molar refractivity (Wildman–Crippen MR) is 137 cm³/mol. The molecule has 188 valence electrons. The lowest BCUT2D eigenvalue weighted by Crippen LogP contribution is -2.53. The van der Waals surface area contributed by atoms with Gasteiger partial charge in [0.15, 0.2) is 0 Å². The Morgan fingerprint density at radius 1 is 0.528 bits per heavy atom. The Bertz CT molecular complexity index is 1160. The van der Waals surface area contributed by atoms with E-state index in [1.54, 1.807) is 24.3 Å². The normalized spacial score (nSPS) is 32.4. The number of rotatable bonds is 2. The molecule has 4 amide bonds. The van der Waals surface area contributed by atoms with E-state index in [2.05, 4.69) is 27.7 Å². The Hall–Kier alpha value is -3.02. The van der Waals surface area contributed by atoms with Crippen molar-refractivity contribution < 1.29 is 19.2 Å². The van der Waals surface area contributed by atoms with E-state index in [0.29, 0.717) is 44.9 Å². The summed E-state index contributed by atoms with van der Waals surface area (Å²) < 4.78 is 0. The van der Waals surface area contributed by atoms with E-state index in [9.17, 15) is 19.2 Å². The first-order valence-electron chi connectivity index (χ1n) is 13.6. The number of amides is 4. The molecule has 6 atom stereocenters. The Morgan fingerprint density at radius 2 is 0.833 bits per heavy atom. The van der Waals surface area contributed by atoms with E-state index in [0.717, 1.165) is 38.5 Å². The molecule has 0 bridgehead atoms. The Balaban J connectivity index is 1.47. The van der Waals surface area contributed by atoms with Crippen LogP contribution in [0.2, 0.25) is 0 Å². The monoisotopic (exact) mass is 486 g/mol. The van der Waals surface area contributed by atoms with Crippen molar-refractivity contribution in [3.63, 3.8) is 0 Å². The fourth-order valence-corrected chi connectivity index (χ4v) is 7.35. The van der Waals surface area contributed by atoms with Crippen LogP contribution in [0.5, 0.6) is 0 Å². The molecule has 0 spiro atoms. The highest BCUT2D eigenvalue weighted by molar-refractivity contribution is 6.33. The van der Waals surface area contributed by atoms with Crippen molar-refractivity contribution in [3.8, 4) is 0 Å². The molecule has 2 heterocycles. The zero-order valence-corrected chi connectivity index (χ0v) is 21.5. The summed E-state index contributed by atoms with van der Waals surface area (Å²) in [5.41, 5.74) is 1.68. The van der Waals surface area contributed by atoms with Gasteiger partial charge in [0.25, 0.3) is 23.6 Å². The van der Waals surface area contributed by atoms with E-state index in [1.165, 1.54) is 9.80 Å². The molecule has 2 aromatic carbocycles. The number of carbonyl (C=O) groups excluding carboxylic acids is 4. The number of nitrogens with zero attached hydrogens (tertiary/aromatic N) is 2. The Labute approximate surface area is 212 Å². The van der Waals surface area contributed by atoms with Crippen molar-refractivity contribution in [2.45, 2.75) is 78.3 Å². The number of carbonyl (C=O) groups is 4. The van der Waals surface area contributed by atoms with Gasteiger partial charge in [-0.25, -0.2) is 0 Å². The maximum Gasteiger partial charge on any atom is 0.261 e. The molecular formula is C30H34N2O4. The molecule has 0 radical (unpaired) electrons. The van der Waals surface area contributed by atoms with Crippen LogP contribution in [0.25, 0.3) is 10.8 Å². The van der Waals surface area contributed by atoms with Crippen molar-refractivity contribution in [2.24, 2.45) is 23.7 Å². The molecule has 0 N–H and O–H groups in total. The molecule has 6 rings (SSSR count). The van der Waals surface area contributed by atoms with Crippen molar-refractivity contribution in [2.75, 3.05) is 0 Å². The predicted octanol–water partition coefficient (Wildman–Crippen LogP) is 5.68. The SMILES string of the molecule is C[C@@H]1[C@H](C)CCC[C@H]1N1C(=O)c2ccc3c4c(ccc(c24)C1=O)C(=O)N([C@@H]1CCC[C@H](C)[C@@H]1C)C3=O. The fraction of sp³-hybridized carbons (Fsp3) is 0.533. The third-order valence-corrected chi connectivity index (χ3v) is 9.95. The Kier molecular flexibility index (Phi) is 5.36. The molecule has 2 aliphatic heterocycles. The summed E-state index contributed by atoms with van der Waals surface area (Å²) in [4.78, 5) is 58.0. The van der Waals surface area contributed by atoms with Crippen LogP contribution in [0, 0.1) is 23.7 Å². The molecule has 0 unspecified atom stereocenters. The number of imide groups is 2. The molecule has 0 aromatic heterocycles. The van der Waals surface area contributed by atoms with Crippen LogP contribution >= 0.6 is 0 Å². The molecule has 2 aromatic rings. The van der Waals surface area contributed by atoms with E-state index >= 15 is 0 Å². The summed E-state index contributed by atoms with van der Waals surface area (Å²) in [6.45, 7) is 8.63. The average molecular weight is 487 g/mol. The first-order chi connectivity index (χ1) is 17.2. The van der Waals surface area contributed by atoms with Crippen molar-refractivity contribution in [1.29, 1.82) is 0 Å². The van der Waals surface area contributed by atoms with Gasteiger partial charge in [0.2, 0.25) is 0 Å². The maximum absolute atomic E-state index is 13.8. The smallest absolute Gasteiger partial charge is 0.261 e. The van der Waals surface area contributed by atoms with Gasteiger partial charge >= 0.3 is 0 Å². The first kappa shape index (κ1) is 23.4. The van der Waals surface area contributed by atoms with Crippen LogP contribution in [-0.2, 0) is 0 Å². The van der Waals surface area contributed by atoms with Crippen LogP contribution in [0.3, 0.4) is 0 Å². The lowest BCUT2D eigenvalue weighted by Gasteiger charge is -2.43. The largest absolute Gasteiger partial charge is 0.271 e. The van der Waals surface area contributed by atoms with Gasteiger partial charge in [-0.2, -0.15) is 0 Å². The summed E-state index contributed by atoms with van der Waals surface area (Å²) in [5.74, 6) is 0.0895. The topological polar surface area (TPSA) is 74.8 Å². The number of hydrogen-bond donors (Lipinski definition) is 0. The van der Waals surface area contributed by atoms with Gasteiger partial charge in [0.05, 0.1) is 0 Å². The van der Waals surface area contributed by atoms with Crippen molar-refractivity contribution in [1.82, 2.24) is 9.80 Å². The van der Waals surface area contributed by atoms with Gasteiger partial charge in [-0.1, -0.05) is 53.4 Å². The highest BCUT2D eigenvalue weighted by atomic mass is 16.2. The van der Waals surface area contributed by atoms with Gasteiger partial charge in [0.1, 0.15) is 0 Å². The number of hydrogen-bond acceptors (Lipinski definition) is 4. The lowest BCUT2D eigenvalue weighted by molar-refractivity contribution is 0.0365. The molecule has 6 heteroatoms. The van der Waals surface area contributed by atoms with Crippen LogP contribution in [-0.4, -0.2) is 45.5 Å². The molecule has 2 saturated carbocycles. The van der Waals surface area contributed by atoms with Crippen molar-refractivity contribution >= 4 is 34.4 Å². The molecule has 2 fully saturated rings. The van der Waals surface area contributed by atoms with Crippen molar-refractivity contribution in [3.05, 3.63) is 46.5 Å². The van der Waals surface area contributed by atoms with Gasteiger partial charge in [0, 0.05) is 45.1 Å². The third-order valence-electron chi connectivity index (χ3n) is 9.95. The van der Waals surface area contributed by atoms with E-state index < -0.39 is 0 Å². The standard InChI is InChI=1S/C30H34N2O4/c1-15-7-5-9-23(17(15)3)31-27(33)19-11-13-21-26-22(14-12-20(25(19)26)28(31)34)30(36)32(29(21)35)24-10-6-8-16(2)18(24)4/h11-18,23-24H,5-10H2,1-4H3/t15-,16+,17-,18+,23-,24-/m1/s1. The highest BCUT2D eigenvalue weighted by Gasteiger charge is 2.46. The second-order valence-corrected chi connectivity index (χ2v) is 11.7. The van der Waals surface area contributed by atoms with E-state index in [4.69, 9.17) is 0 Å². The van der Waals surface area contributed by atoms with E-state index in [-0.39, 0.29) is 47.5 Å². The average Bonchev–Trinajstić information content (AvgIpc) is 2.86. The molecule has 4 aliphatic rings. The summed E-state index contributed by atoms with van der Waals surface area (Å²) in [6, 6.07) is 6.51. The van der Waals surface area contributed by atoms with Crippen LogP contribution in [0.1, 0.15) is 108 Å². The summed E-state index contributed by atoms with van der Waals surface area (Å²) in [5, 5.41) is 0.943. The molecule has 2 aliphatic carbocycles. The summed E-state index contributed by atoms with van der Waals surface area (Å²) >= 11 is 0. The number of benzene rings is 2. The van der Waals surface area contributed by atoms with Gasteiger partial charge in [-0.15, -0.1) is 0 Å². The highest BCUT2D eigenvalue weighted by Crippen LogP contribution is 2.43. The maximum atomic E-state index is 13.8. The third kappa shape index (κ3) is 3.09. The lowest BCUT2D eigenvalue weighted by atomic mass is 9.75. The van der Waals surface area contributed by atoms with E-state index in [1.807, 2.05) is 0 Å². The quantitative estimate of drug-likeness (QED) is 0.512. The molecule has 36 heavy (non-hydrogen) atoms.